The first-order valence-electron chi connectivity index (χ1n) is 14.8. The van der Waals surface area contributed by atoms with Crippen LogP contribution in [0.5, 0.6) is 11.5 Å². The third-order valence-corrected chi connectivity index (χ3v) is 6.23. The molecule has 0 bridgehead atoms. The minimum atomic E-state index is -0.391. The predicted octanol–water partition coefficient (Wildman–Crippen LogP) is 7.13. The van der Waals surface area contributed by atoms with Crippen molar-refractivity contribution in [1.82, 2.24) is 0 Å². The molecular formula is C35H44O8. The molecular weight excluding hydrogens is 548 g/mol. The molecule has 0 aliphatic rings. The Morgan fingerprint density at radius 2 is 1.02 bits per heavy atom. The Morgan fingerprint density at radius 1 is 0.605 bits per heavy atom. The minimum Gasteiger partial charge on any atom is -0.494 e. The van der Waals surface area contributed by atoms with Gasteiger partial charge in [0, 0.05) is 17.7 Å². The highest BCUT2D eigenvalue weighted by atomic mass is 16.5. The van der Waals surface area contributed by atoms with E-state index in [1.165, 1.54) is 19.3 Å². The van der Waals surface area contributed by atoms with Gasteiger partial charge in [-0.25, -0.2) is 14.4 Å². The van der Waals surface area contributed by atoms with Gasteiger partial charge in [0.05, 0.1) is 33.5 Å². The molecule has 43 heavy (non-hydrogen) atoms. The second kappa shape index (κ2) is 21.4. The van der Waals surface area contributed by atoms with Gasteiger partial charge in [-0.2, -0.15) is 0 Å². The highest BCUT2D eigenvalue weighted by Crippen LogP contribution is 2.15. The summed E-state index contributed by atoms with van der Waals surface area (Å²) in [6, 6.07) is 15.0. The van der Waals surface area contributed by atoms with Gasteiger partial charge in [-0.05, 0) is 106 Å². The second-order valence-electron chi connectivity index (χ2n) is 9.94. The van der Waals surface area contributed by atoms with Gasteiger partial charge < -0.3 is 23.7 Å². The van der Waals surface area contributed by atoms with Crippen molar-refractivity contribution in [3.8, 4) is 11.5 Å². The predicted molar refractivity (Wildman–Crippen MR) is 168 cm³/mol. The highest BCUT2D eigenvalue weighted by Gasteiger charge is 2.03. The highest BCUT2D eigenvalue weighted by molar-refractivity contribution is 5.87. The van der Waals surface area contributed by atoms with E-state index in [9.17, 15) is 14.4 Å². The van der Waals surface area contributed by atoms with Gasteiger partial charge in [-0.1, -0.05) is 30.8 Å². The van der Waals surface area contributed by atoms with Crippen molar-refractivity contribution in [3.63, 3.8) is 0 Å². The number of carbonyl (C=O) groups is 3. The smallest absolute Gasteiger partial charge is 0.333 e. The average molecular weight is 593 g/mol. The van der Waals surface area contributed by atoms with Crippen molar-refractivity contribution in [2.24, 2.45) is 0 Å². The summed E-state index contributed by atoms with van der Waals surface area (Å²) in [5, 5.41) is 0. The number of benzene rings is 2. The van der Waals surface area contributed by atoms with Crippen molar-refractivity contribution in [2.75, 3.05) is 33.5 Å². The van der Waals surface area contributed by atoms with Crippen molar-refractivity contribution in [2.45, 2.75) is 58.3 Å². The molecule has 0 aromatic heterocycles. The monoisotopic (exact) mass is 592 g/mol. The topological polar surface area (TPSA) is 97.4 Å². The molecule has 2 aromatic carbocycles. The zero-order chi connectivity index (χ0) is 31.1. The van der Waals surface area contributed by atoms with Gasteiger partial charge >= 0.3 is 17.9 Å². The molecule has 8 nitrogen and oxygen atoms in total. The van der Waals surface area contributed by atoms with Crippen molar-refractivity contribution >= 4 is 30.1 Å². The van der Waals surface area contributed by atoms with E-state index in [0.717, 1.165) is 74.0 Å². The Balaban J connectivity index is 1.47. The molecule has 0 unspecified atom stereocenters. The summed E-state index contributed by atoms with van der Waals surface area (Å²) in [4.78, 5) is 34.5. The molecule has 0 aliphatic carbocycles. The van der Waals surface area contributed by atoms with E-state index in [-0.39, 0.29) is 11.9 Å². The lowest BCUT2D eigenvalue weighted by Gasteiger charge is -2.07. The Hall–Kier alpha value is -4.33. The number of esters is 3. The third-order valence-electron chi connectivity index (χ3n) is 6.23. The van der Waals surface area contributed by atoms with E-state index in [1.54, 1.807) is 19.1 Å². The quantitative estimate of drug-likeness (QED) is 0.0654. The standard InChI is InChI=1S/C35H44O8/c1-28(2)35(38)43-27-11-7-5-9-25-41-32-20-14-30(15-21-32)17-23-34(37)42-26-10-6-4-8-24-40-31-18-12-29(13-19-31)16-22-33(36)39-3/h12-23H,1,4-11,24-27H2,2-3H3/b22-16+,23-17+. The second-order valence-corrected chi connectivity index (χ2v) is 9.94. The van der Waals surface area contributed by atoms with Crippen LogP contribution in [0.3, 0.4) is 0 Å². The van der Waals surface area contributed by atoms with Gasteiger partial charge in [0.1, 0.15) is 11.5 Å². The molecule has 0 atom stereocenters. The molecule has 0 amide bonds. The molecule has 0 fully saturated rings. The third kappa shape index (κ3) is 16.6. The molecule has 0 saturated heterocycles. The van der Waals surface area contributed by atoms with Crippen LogP contribution in [0.25, 0.3) is 12.2 Å². The SMILES string of the molecule is C=C(C)C(=O)OCCCCCCOc1ccc(/C=C/C(=O)OCCCCCCOc2ccc(/C=C/C(=O)OC)cc2)cc1. The van der Waals surface area contributed by atoms with Crippen LogP contribution in [0.1, 0.15) is 69.4 Å². The fourth-order valence-corrected chi connectivity index (χ4v) is 3.75. The van der Waals surface area contributed by atoms with Crippen molar-refractivity contribution < 1.29 is 38.1 Å². The summed E-state index contributed by atoms with van der Waals surface area (Å²) in [5.74, 6) is 0.476. The van der Waals surface area contributed by atoms with E-state index in [0.29, 0.717) is 32.0 Å². The van der Waals surface area contributed by atoms with E-state index in [4.69, 9.17) is 18.9 Å². The number of hydrogen-bond acceptors (Lipinski definition) is 8. The lowest BCUT2D eigenvalue weighted by molar-refractivity contribution is -0.139. The molecule has 2 aromatic rings. The van der Waals surface area contributed by atoms with Gasteiger partial charge in [0.25, 0.3) is 0 Å². The summed E-state index contributed by atoms with van der Waals surface area (Å²) in [7, 11) is 1.34. The zero-order valence-corrected chi connectivity index (χ0v) is 25.4. The normalized spacial score (nSPS) is 10.9. The number of unbranched alkanes of at least 4 members (excludes halogenated alkanes) is 6. The minimum absolute atomic E-state index is 0.335. The zero-order valence-electron chi connectivity index (χ0n) is 25.4. The Labute approximate surface area is 255 Å². The lowest BCUT2D eigenvalue weighted by Crippen LogP contribution is -2.06. The van der Waals surface area contributed by atoms with E-state index in [1.807, 2.05) is 48.5 Å². The van der Waals surface area contributed by atoms with Crippen LogP contribution >= 0.6 is 0 Å². The Bertz CT molecular complexity index is 1180. The van der Waals surface area contributed by atoms with Crippen LogP contribution in [0.4, 0.5) is 0 Å². The summed E-state index contributed by atoms with van der Waals surface area (Å²) in [5.41, 5.74) is 2.20. The fraction of sp³-hybridized carbons (Fsp3) is 0.400. The van der Waals surface area contributed by atoms with Gasteiger partial charge in [0.15, 0.2) is 0 Å². The van der Waals surface area contributed by atoms with Crippen molar-refractivity contribution in [3.05, 3.63) is 84.0 Å². The summed E-state index contributed by atoms with van der Waals surface area (Å²) in [6.45, 7) is 7.23. The maximum atomic E-state index is 12.0. The molecule has 0 radical (unpaired) electrons. The van der Waals surface area contributed by atoms with E-state index < -0.39 is 5.97 Å². The largest absolute Gasteiger partial charge is 0.494 e. The number of ether oxygens (including phenoxy) is 5. The number of carbonyl (C=O) groups excluding carboxylic acids is 3. The van der Waals surface area contributed by atoms with Gasteiger partial charge in [-0.3, -0.25) is 0 Å². The summed E-state index contributed by atoms with van der Waals surface area (Å²) < 4.78 is 26.5. The molecule has 0 saturated carbocycles. The first-order chi connectivity index (χ1) is 20.9. The first kappa shape index (κ1) is 34.9. The van der Waals surface area contributed by atoms with Crippen LogP contribution in [0, 0.1) is 0 Å². The van der Waals surface area contributed by atoms with E-state index in [2.05, 4.69) is 11.3 Å². The molecule has 0 spiro atoms. The maximum absolute atomic E-state index is 12.0. The lowest BCUT2D eigenvalue weighted by atomic mass is 10.2. The van der Waals surface area contributed by atoms with Crippen LogP contribution in [0.15, 0.2) is 72.8 Å². The number of methoxy groups -OCH3 is 1. The van der Waals surface area contributed by atoms with Crippen LogP contribution in [0.2, 0.25) is 0 Å². The van der Waals surface area contributed by atoms with Gasteiger partial charge in [-0.15, -0.1) is 0 Å². The van der Waals surface area contributed by atoms with Crippen LogP contribution in [-0.2, 0) is 28.6 Å². The Kier molecular flexibility index (Phi) is 17.3. The number of rotatable bonds is 21. The molecule has 232 valence electrons. The fourth-order valence-electron chi connectivity index (χ4n) is 3.75. The molecule has 0 heterocycles. The molecule has 0 N–H and O–H groups in total. The van der Waals surface area contributed by atoms with Crippen molar-refractivity contribution in [1.29, 1.82) is 0 Å². The summed E-state index contributed by atoms with van der Waals surface area (Å²) >= 11 is 0. The molecule has 8 heteroatoms. The first-order valence-corrected chi connectivity index (χ1v) is 14.8. The van der Waals surface area contributed by atoms with E-state index >= 15 is 0 Å². The maximum Gasteiger partial charge on any atom is 0.333 e. The summed E-state index contributed by atoms with van der Waals surface area (Å²) in [6.07, 6.45) is 13.6. The molecule has 2 rings (SSSR count). The number of hydrogen-bond donors (Lipinski definition) is 0. The van der Waals surface area contributed by atoms with Crippen LogP contribution < -0.4 is 9.47 Å². The Morgan fingerprint density at radius 3 is 1.47 bits per heavy atom. The van der Waals surface area contributed by atoms with Gasteiger partial charge in [0.2, 0.25) is 0 Å². The molecule has 0 aliphatic heterocycles. The van der Waals surface area contributed by atoms with Crippen LogP contribution in [-0.4, -0.2) is 51.4 Å². The average Bonchev–Trinajstić information content (AvgIpc) is 3.02.